The molecule has 0 radical (unpaired) electrons. The molecule has 3 aromatic rings. The fourth-order valence-electron chi connectivity index (χ4n) is 2.15. The van der Waals surface area contributed by atoms with Crippen molar-refractivity contribution in [2.24, 2.45) is 0 Å². The quantitative estimate of drug-likeness (QED) is 0.633. The summed E-state index contributed by atoms with van der Waals surface area (Å²) in [7, 11) is 0. The molecule has 0 spiro atoms. The molecule has 3 heteroatoms. The van der Waals surface area contributed by atoms with Crippen LogP contribution in [-0.2, 0) is 0 Å². The van der Waals surface area contributed by atoms with Gasteiger partial charge >= 0.3 is 0 Å². The van der Waals surface area contributed by atoms with Gasteiger partial charge in [-0.05, 0) is 35.9 Å². The van der Waals surface area contributed by atoms with Gasteiger partial charge in [0.1, 0.15) is 0 Å². The van der Waals surface area contributed by atoms with E-state index < -0.39 is 0 Å². The van der Waals surface area contributed by atoms with E-state index in [1.54, 1.807) is 0 Å². The molecule has 3 rings (SSSR count). The van der Waals surface area contributed by atoms with Gasteiger partial charge < -0.3 is 4.40 Å². The van der Waals surface area contributed by atoms with E-state index in [-0.39, 0.29) is 0 Å². The van der Waals surface area contributed by atoms with Crippen LogP contribution in [0.2, 0.25) is 5.02 Å². The van der Waals surface area contributed by atoms with E-state index in [9.17, 15) is 4.79 Å². The van der Waals surface area contributed by atoms with E-state index in [2.05, 4.69) is 0 Å². The van der Waals surface area contributed by atoms with Gasteiger partial charge in [-0.25, -0.2) is 0 Å². The monoisotopic (exact) mass is 255 g/mol. The molecule has 2 heterocycles. The van der Waals surface area contributed by atoms with Gasteiger partial charge in [-0.1, -0.05) is 29.8 Å². The lowest BCUT2D eigenvalue weighted by Gasteiger charge is -2.01. The number of rotatable bonds is 2. The number of benzene rings is 1. The molecule has 0 bridgehead atoms. The number of aldehydes is 1. The Morgan fingerprint density at radius 1 is 1.06 bits per heavy atom. The second-order valence-corrected chi connectivity index (χ2v) is 4.50. The van der Waals surface area contributed by atoms with Crippen molar-refractivity contribution in [3.8, 4) is 11.1 Å². The van der Waals surface area contributed by atoms with Gasteiger partial charge in [-0.15, -0.1) is 0 Å². The lowest BCUT2D eigenvalue weighted by atomic mass is 10.1. The molecule has 0 amide bonds. The number of hydrogen-bond acceptors (Lipinski definition) is 1. The Labute approximate surface area is 109 Å². The summed E-state index contributed by atoms with van der Waals surface area (Å²) in [6.45, 7) is 0. The molecule has 0 N–H and O–H groups in total. The zero-order valence-electron chi connectivity index (χ0n) is 9.51. The number of hydrogen-bond donors (Lipinski definition) is 0. The van der Waals surface area contributed by atoms with E-state index in [4.69, 9.17) is 11.6 Å². The Balaban J connectivity index is 2.32. The molecule has 0 aliphatic heterocycles. The summed E-state index contributed by atoms with van der Waals surface area (Å²) in [5, 5.41) is 0.666. The van der Waals surface area contributed by atoms with E-state index in [0.717, 1.165) is 22.9 Å². The fourth-order valence-corrected chi connectivity index (χ4v) is 2.34. The van der Waals surface area contributed by atoms with Crippen LogP contribution >= 0.6 is 11.6 Å². The molecule has 88 valence electrons. The van der Waals surface area contributed by atoms with Crippen LogP contribution in [0.15, 0.2) is 54.7 Å². The predicted octanol–water partition coefficient (Wildman–Crippen LogP) is 4.07. The normalized spacial score (nSPS) is 10.7. The molecule has 0 saturated carbocycles. The first-order valence-corrected chi connectivity index (χ1v) is 5.98. The van der Waals surface area contributed by atoms with Crippen molar-refractivity contribution in [3.63, 3.8) is 0 Å². The highest BCUT2D eigenvalue weighted by Crippen LogP contribution is 2.28. The van der Waals surface area contributed by atoms with Crippen molar-refractivity contribution in [2.75, 3.05) is 0 Å². The topological polar surface area (TPSA) is 21.5 Å². The number of pyridine rings is 1. The zero-order chi connectivity index (χ0) is 12.5. The van der Waals surface area contributed by atoms with Gasteiger partial charge in [0.15, 0.2) is 6.29 Å². The number of halogens is 1. The molecule has 0 aliphatic rings. The molecule has 0 atom stereocenters. The maximum absolute atomic E-state index is 11.3. The van der Waals surface area contributed by atoms with E-state index in [0.29, 0.717) is 10.7 Å². The Hall–Kier alpha value is -2.06. The predicted molar refractivity (Wildman–Crippen MR) is 73.2 cm³/mol. The van der Waals surface area contributed by atoms with Gasteiger partial charge in [0.05, 0.1) is 5.69 Å². The second kappa shape index (κ2) is 4.31. The molecule has 0 aliphatic carbocycles. The highest BCUT2D eigenvalue weighted by molar-refractivity contribution is 6.30. The molecule has 0 unspecified atom stereocenters. The number of carbonyl (C=O) groups excluding carboxylic acids is 1. The van der Waals surface area contributed by atoms with Gasteiger partial charge in [-0.2, -0.15) is 0 Å². The maximum atomic E-state index is 11.3. The number of carbonyl (C=O) groups is 1. The highest BCUT2D eigenvalue weighted by atomic mass is 35.5. The first-order chi connectivity index (χ1) is 8.79. The average Bonchev–Trinajstić information content (AvgIpc) is 2.77. The zero-order valence-corrected chi connectivity index (χ0v) is 10.3. The summed E-state index contributed by atoms with van der Waals surface area (Å²) in [5.41, 5.74) is 3.49. The number of aromatic nitrogens is 1. The molecule has 1 aromatic carbocycles. The Morgan fingerprint density at radius 2 is 1.94 bits per heavy atom. The fraction of sp³-hybridized carbons (Fsp3) is 0. The van der Waals surface area contributed by atoms with E-state index in [1.807, 2.05) is 59.1 Å². The van der Waals surface area contributed by atoms with Crippen LogP contribution in [0.25, 0.3) is 16.6 Å². The van der Waals surface area contributed by atoms with Crippen molar-refractivity contribution in [2.45, 2.75) is 0 Å². The number of fused-ring (bicyclic) bond motifs is 1. The minimum Gasteiger partial charge on any atom is -0.314 e. The van der Waals surface area contributed by atoms with E-state index in [1.165, 1.54) is 0 Å². The van der Waals surface area contributed by atoms with Crippen LogP contribution in [0.4, 0.5) is 0 Å². The second-order valence-electron chi connectivity index (χ2n) is 4.07. The molecule has 2 aromatic heterocycles. The highest BCUT2D eigenvalue weighted by Gasteiger charge is 2.10. The van der Waals surface area contributed by atoms with Crippen LogP contribution in [0.5, 0.6) is 0 Å². The first-order valence-electron chi connectivity index (χ1n) is 5.61. The SMILES string of the molecule is O=Cc1c(-c2cccc(Cl)c2)cc2ccccn12. The molecular weight excluding hydrogens is 246 g/mol. The van der Waals surface area contributed by atoms with Crippen LogP contribution in [0, 0.1) is 0 Å². The van der Waals surface area contributed by atoms with Crippen molar-refractivity contribution in [3.05, 3.63) is 65.4 Å². The minimum absolute atomic E-state index is 0.646. The Kier molecular flexibility index (Phi) is 2.65. The standard InChI is InChI=1S/C15H10ClNO/c16-12-5-3-4-11(8-12)14-9-13-6-1-2-7-17(13)15(14)10-18/h1-10H. The van der Waals surface area contributed by atoms with Gasteiger partial charge in [0, 0.05) is 22.3 Å². The van der Waals surface area contributed by atoms with Gasteiger partial charge in [0.25, 0.3) is 0 Å². The van der Waals surface area contributed by atoms with Crippen molar-refractivity contribution >= 4 is 23.4 Å². The summed E-state index contributed by atoms with van der Waals surface area (Å²) in [5.74, 6) is 0. The Morgan fingerprint density at radius 3 is 2.72 bits per heavy atom. The minimum atomic E-state index is 0.646. The van der Waals surface area contributed by atoms with E-state index >= 15 is 0 Å². The molecule has 0 saturated heterocycles. The summed E-state index contributed by atoms with van der Waals surface area (Å²) >= 11 is 5.99. The molecule has 18 heavy (non-hydrogen) atoms. The summed E-state index contributed by atoms with van der Waals surface area (Å²) < 4.78 is 1.88. The largest absolute Gasteiger partial charge is 0.314 e. The lowest BCUT2D eigenvalue weighted by Crippen LogP contribution is -1.91. The summed E-state index contributed by atoms with van der Waals surface area (Å²) in [6, 6.07) is 15.3. The Bertz CT molecular complexity index is 730. The van der Waals surface area contributed by atoms with Crippen molar-refractivity contribution in [1.29, 1.82) is 0 Å². The number of nitrogens with zero attached hydrogens (tertiary/aromatic N) is 1. The third kappa shape index (κ3) is 1.71. The third-order valence-corrected chi connectivity index (χ3v) is 3.20. The molecule has 2 nitrogen and oxygen atoms in total. The van der Waals surface area contributed by atoms with Crippen LogP contribution in [-0.4, -0.2) is 10.7 Å². The first kappa shape index (κ1) is 11.1. The van der Waals surface area contributed by atoms with Crippen molar-refractivity contribution in [1.82, 2.24) is 4.40 Å². The molecular formula is C15H10ClNO. The van der Waals surface area contributed by atoms with Crippen LogP contribution < -0.4 is 0 Å². The lowest BCUT2D eigenvalue weighted by molar-refractivity contribution is 0.111. The molecule has 0 fully saturated rings. The average molecular weight is 256 g/mol. The van der Waals surface area contributed by atoms with Crippen LogP contribution in [0.1, 0.15) is 10.5 Å². The van der Waals surface area contributed by atoms with Gasteiger partial charge in [-0.3, -0.25) is 4.79 Å². The third-order valence-electron chi connectivity index (χ3n) is 2.97. The van der Waals surface area contributed by atoms with Crippen LogP contribution in [0.3, 0.4) is 0 Å². The van der Waals surface area contributed by atoms with Crippen molar-refractivity contribution < 1.29 is 4.79 Å². The smallest absolute Gasteiger partial charge is 0.167 e. The van der Waals surface area contributed by atoms with Gasteiger partial charge in [0.2, 0.25) is 0 Å². The maximum Gasteiger partial charge on any atom is 0.167 e. The summed E-state index contributed by atoms with van der Waals surface area (Å²) in [6.07, 6.45) is 2.76. The summed E-state index contributed by atoms with van der Waals surface area (Å²) in [4.78, 5) is 11.3.